The molecule has 0 aromatic carbocycles. The Bertz CT molecular complexity index is 659. The van der Waals surface area contributed by atoms with E-state index in [0.717, 1.165) is 11.3 Å². The Morgan fingerprint density at radius 2 is 1.95 bits per heavy atom. The van der Waals surface area contributed by atoms with Gasteiger partial charge in [0.15, 0.2) is 11.1 Å². The van der Waals surface area contributed by atoms with Crippen molar-refractivity contribution in [2.45, 2.75) is 39.7 Å². The summed E-state index contributed by atoms with van der Waals surface area (Å²) in [6, 6.07) is 1.62. The maximum Gasteiger partial charge on any atom is 0.519 e. The van der Waals surface area contributed by atoms with E-state index in [1.54, 1.807) is 39.1 Å². The van der Waals surface area contributed by atoms with Crippen molar-refractivity contribution in [3.63, 3.8) is 0 Å². The van der Waals surface area contributed by atoms with Crippen LogP contribution in [0.3, 0.4) is 0 Å². The molecule has 0 fully saturated rings. The molecule has 1 aliphatic rings. The minimum atomic E-state index is -1.70. The van der Waals surface area contributed by atoms with Crippen LogP contribution in [0, 0.1) is 5.41 Å². The third kappa shape index (κ3) is 1.85. The van der Waals surface area contributed by atoms with E-state index in [1.807, 2.05) is 0 Å². The zero-order valence-corrected chi connectivity index (χ0v) is 13.9. The van der Waals surface area contributed by atoms with Gasteiger partial charge in [-0.25, -0.2) is 0 Å². The molecule has 22 heavy (non-hydrogen) atoms. The SMILES string of the molecule is CCC1(C(=O)O)C[N+](C(=O)O)(C(C)(C)C)c2ccsc2C1=O. The lowest BCUT2D eigenvalue weighted by molar-refractivity contribution is -0.147. The summed E-state index contributed by atoms with van der Waals surface area (Å²) in [6.07, 6.45) is -1.08. The zero-order chi connectivity index (χ0) is 16.9. The molecule has 2 heterocycles. The summed E-state index contributed by atoms with van der Waals surface area (Å²) < 4.78 is -0.558. The van der Waals surface area contributed by atoms with Crippen molar-refractivity contribution in [3.8, 4) is 0 Å². The summed E-state index contributed by atoms with van der Waals surface area (Å²) in [6.45, 7) is 6.59. The molecular formula is C15H20NO5S+. The summed E-state index contributed by atoms with van der Waals surface area (Å²) in [5, 5.41) is 21.3. The second-order valence-corrected chi connectivity index (χ2v) is 7.54. The first-order chi connectivity index (χ1) is 10.0. The first-order valence-electron chi connectivity index (χ1n) is 7.02. The molecule has 1 aromatic heterocycles. The van der Waals surface area contributed by atoms with Crippen LogP contribution < -0.4 is 4.48 Å². The van der Waals surface area contributed by atoms with Crippen LogP contribution in [0.1, 0.15) is 43.8 Å². The topological polar surface area (TPSA) is 91.7 Å². The van der Waals surface area contributed by atoms with Crippen molar-refractivity contribution < 1.29 is 24.6 Å². The molecule has 7 heteroatoms. The normalized spacial score (nSPS) is 28.3. The van der Waals surface area contributed by atoms with E-state index < -0.39 is 33.3 Å². The number of rotatable bonds is 2. The van der Waals surface area contributed by atoms with Crippen molar-refractivity contribution in [2.24, 2.45) is 5.41 Å². The molecule has 6 nitrogen and oxygen atoms in total. The number of amides is 1. The van der Waals surface area contributed by atoms with Gasteiger partial charge < -0.3 is 10.2 Å². The number of nitrogens with zero attached hydrogens (tertiary/aromatic N) is 1. The van der Waals surface area contributed by atoms with E-state index in [0.29, 0.717) is 5.69 Å². The standard InChI is InChI=1S/C15H19NO5S/c1-5-15(12(18)19)8-16(13(20)21,14(2,3)4)9-6-7-22-10(9)11(15)17/h6-7H,5,8H2,1-4H3,(H-,18,19,20,21)/p+1. The Morgan fingerprint density at radius 1 is 1.36 bits per heavy atom. The molecule has 0 radical (unpaired) electrons. The van der Waals surface area contributed by atoms with E-state index in [-0.39, 0.29) is 17.8 Å². The molecule has 0 saturated carbocycles. The molecule has 120 valence electrons. The average Bonchev–Trinajstić information content (AvgIpc) is 2.87. The number of quaternary nitrogens is 1. The van der Waals surface area contributed by atoms with Gasteiger partial charge in [0.2, 0.25) is 5.78 Å². The lowest BCUT2D eigenvalue weighted by atomic mass is 9.74. The first kappa shape index (κ1) is 16.6. The summed E-state index contributed by atoms with van der Waals surface area (Å²) in [5.41, 5.74) is -2.11. The lowest BCUT2D eigenvalue weighted by Crippen LogP contribution is -2.72. The third-order valence-electron chi connectivity index (χ3n) is 4.69. The highest BCUT2D eigenvalue weighted by Gasteiger charge is 2.65. The number of thiophene rings is 1. The molecule has 1 aliphatic heterocycles. The Balaban J connectivity index is 2.88. The van der Waals surface area contributed by atoms with Gasteiger partial charge in [0.25, 0.3) is 0 Å². The van der Waals surface area contributed by atoms with Gasteiger partial charge in [0.1, 0.15) is 17.0 Å². The van der Waals surface area contributed by atoms with Crippen LogP contribution in [0.2, 0.25) is 0 Å². The van der Waals surface area contributed by atoms with Crippen molar-refractivity contribution in [2.75, 3.05) is 6.54 Å². The van der Waals surface area contributed by atoms with Gasteiger partial charge in [0, 0.05) is 6.07 Å². The van der Waals surface area contributed by atoms with Gasteiger partial charge in [-0.1, -0.05) is 6.92 Å². The molecular weight excluding hydrogens is 306 g/mol. The number of fused-ring (bicyclic) bond motifs is 1. The highest BCUT2D eigenvalue weighted by Crippen LogP contribution is 2.49. The third-order valence-corrected chi connectivity index (χ3v) is 5.59. The monoisotopic (exact) mass is 326 g/mol. The summed E-state index contributed by atoms with van der Waals surface area (Å²) in [5.74, 6) is -1.74. The number of hydrogen-bond donors (Lipinski definition) is 2. The molecule has 2 N–H and O–H groups in total. The van der Waals surface area contributed by atoms with Gasteiger partial charge in [0.05, 0.1) is 0 Å². The number of aliphatic carboxylic acids is 1. The van der Waals surface area contributed by atoms with Crippen LogP contribution in [0.15, 0.2) is 11.4 Å². The van der Waals surface area contributed by atoms with Crippen LogP contribution >= 0.6 is 11.3 Å². The number of carboxylic acid groups (broad SMARTS) is 2. The lowest BCUT2D eigenvalue weighted by Gasteiger charge is -2.49. The highest BCUT2D eigenvalue weighted by atomic mass is 32.1. The van der Waals surface area contributed by atoms with Crippen LogP contribution in [-0.2, 0) is 4.79 Å². The molecule has 0 saturated heterocycles. The van der Waals surface area contributed by atoms with E-state index in [1.165, 1.54) is 0 Å². The van der Waals surface area contributed by atoms with E-state index >= 15 is 0 Å². The quantitative estimate of drug-likeness (QED) is 0.643. The molecule has 2 rings (SSSR count). The second-order valence-electron chi connectivity index (χ2n) is 6.63. The predicted molar refractivity (Wildman–Crippen MR) is 83.4 cm³/mol. The van der Waals surface area contributed by atoms with Gasteiger partial charge >= 0.3 is 12.1 Å². The molecule has 1 aromatic rings. The molecule has 0 spiro atoms. The van der Waals surface area contributed by atoms with Gasteiger partial charge in [-0.15, -0.1) is 11.3 Å². The summed E-state index contributed by atoms with van der Waals surface area (Å²) >= 11 is 1.11. The Hall–Kier alpha value is -1.73. The number of carbonyl (C=O) groups is 3. The summed E-state index contributed by atoms with van der Waals surface area (Å²) in [4.78, 5) is 37.0. The molecule has 2 unspecified atom stereocenters. The van der Waals surface area contributed by atoms with Crippen LogP contribution in [0.4, 0.5) is 10.5 Å². The van der Waals surface area contributed by atoms with Gasteiger partial charge in [-0.2, -0.15) is 9.28 Å². The van der Waals surface area contributed by atoms with E-state index in [4.69, 9.17) is 0 Å². The fourth-order valence-corrected chi connectivity index (χ4v) is 4.18. The fraction of sp³-hybridized carbons (Fsp3) is 0.533. The van der Waals surface area contributed by atoms with Crippen molar-refractivity contribution >= 4 is 34.9 Å². The smallest absolute Gasteiger partial charge is 0.480 e. The predicted octanol–water partition coefficient (Wildman–Crippen LogP) is 3.21. The Morgan fingerprint density at radius 3 is 2.36 bits per heavy atom. The fourth-order valence-electron chi connectivity index (χ4n) is 3.20. The van der Waals surface area contributed by atoms with Crippen LogP contribution in [0.25, 0.3) is 0 Å². The molecule has 2 atom stereocenters. The number of Topliss-reactive ketones (excluding diaryl/α,β-unsaturated/α-hetero) is 1. The minimum absolute atomic E-state index is 0.0574. The zero-order valence-electron chi connectivity index (χ0n) is 13.0. The van der Waals surface area contributed by atoms with E-state index in [2.05, 4.69) is 0 Å². The van der Waals surface area contributed by atoms with Crippen molar-refractivity contribution in [1.29, 1.82) is 0 Å². The largest absolute Gasteiger partial charge is 0.519 e. The Labute approximate surface area is 132 Å². The van der Waals surface area contributed by atoms with Gasteiger partial charge in [-0.3, -0.25) is 9.59 Å². The highest BCUT2D eigenvalue weighted by molar-refractivity contribution is 7.12. The van der Waals surface area contributed by atoms with Gasteiger partial charge in [-0.05, 0) is 32.6 Å². The van der Waals surface area contributed by atoms with Crippen LogP contribution in [0.5, 0.6) is 0 Å². The maximum absolute atomic E-state index is 12.7. The molecule has 0 bridgehead atoms. The van der Waals surface area contributed by atoms with Crippen molar-refractivity contribution in [1.82, 2.24) is 4.48 Å². The second kappa shape index (κ2) is 4.89. The Kier molecular flexibility index (Phi) is 3.70. The van der Waals surface area contributed by atoms with E-state index in [9.17, 15) is 24.6 Å². The first-order valence-corrected chi connectivity index (χ1v) is 7.90. The number of carbonyl (C=O) groups excluding carboxylic acids is 1. The summed E-state index contributed by atoms with van der Waals surface area (Å²) in [7, 11) is 0. The number of hydrogen-bond acceptors (Lipinski definition) is 4. The average molecular weight is 326 g/mol. The van der Waals surface area contributed by atoms with Crippen LogP contribution in [-0.4, -0.2) is 40.1 Å². The molecule has 0 aliphatic carbocycles. The number of ketones is 1. The number of carboxylic acids is 1. The molecule has 1 amide bonds. The maximum atomic E-state index is 12.7. The minimum Gasteiger partial charge on any atom is -0.480 e. The van der Waals surface area contributed by atoms with Crippen molar-refractivity contribution in [3.05, 3.63) is 16.3 Å².